The molecule has 0 fully saturated rings. The van der Waals surface area contributed by atoms with E-state index in [4.69, 9.17) is 0 Å². The van der Waals surface area contributed by atoms with Gasteiger partial charge in [-0.1, -0.05) is 34.6 Å². The fourth-order valence-electron chi connectivity index (χ4n) is 2.47. The summed E-state index contributed by atoms with van der Waals surface area (Å²) in [6, 6.07) is 0. The molecular formula is C16H37N3. The fourth-order valence-corrected chi connectivity index (χ4v) is 2.47. The van der Waals surface area contributed by atoms with Crippen LogP contribution in [-0.2, 0) is 0 Å². The van der Waals surface area contributed by atoms with E-state index in [1.54, 1.807) is 0 Å². The molecular weight excluding hydrogens is 234 g/mol. The van der Waals surface area contributed by atoms with Gasteiger partial charge in [-0.05, 0) is 64.6 Å². The first kappa shape index (κ1) is 18.9. The molecule has 0 bridgehead atoms. The molecule has 0 aliphatic rings. The molecule has 3 heteroatoms. The van der Waals surface area contributed by atoms with Crippen LogP contribution in [-0.4, -0.2) is 62.2 Å². The van der Waals surface area contributed by atoms with Crippen molar-refractivity contribution in [2.24, 2.45) is 5.92 Å². The summed E-state index contributed by atoms with van der Waals surface area (Å²) in [5, 5.41) is 3.52. The minimum atomic E-state index is 0.750. The Morgan fingerprint density at radius 3 is 2.00 bits per heavy atom. The summed E-state index contributed by atoms with van der Waals surface area (Å²) in [4.78, 5) is 5.11. The van der Waals surface area contributed by atoms with Crippen LogP contribution in [0.5, 0.6) is 0 Å². The molecule has 1 atom stereocenters. The van der Waals surface area contributed by atoms with Gasteiger partial charge in [0, 0.05) is 6.54 Å². The molecule has 0 spiro atoms. The van der Waals surface area contributed by atoms with Crippen LogP contribution in [0.25, 0.3) is 0 Å². The highest BCUT2D eigenvalue weighted by Crippen LogP contribution is 2.01. The van der Waals surface area contributed by atoms with Crippen LogP contribution in [0.1, 0.15) is 47.5 Å². The number of rotatable bonds is 13. The lowest BCUT2D eigenvalue weighted by Crippen LogP contribution is -2.35. The number of nitrogens with zero attached hydrogens (tertiary/aromatic N) is 2. The number of hydrogen-bond donors (Lipinski definition) is 1. The van der Waals surface area contributed by atoms with Gasteiger partial charge in [0.05, 0.1) is 0 Å². The zero-order valence-electron chi connectivity index (χ0n) is 14.0. The summed E-state index contributed by atoms with van der Waals surface area (Å²) in [6.45, 7) is 20.9. The number of hydrogen-bond acceptors (Lipinski definition) is 3. The molecule has 0 aliphatic carbocycles. The van der Waals surface area contributed by atoms with Crippen molar-refractivity contribution in [3.8, 4) is 0 Å². The van der Waals surface area contributed by atoms with Crippen molar-refractivity contribution in [3.05, 3.63) is 0 Å². The van der Waals surface area contributed by atoms with E-state index in [0.717, 1.165) is 19.0 Å². The molecule has 0 saturated heterocycles. The molecule has 0 aromatic rings. The van der Waals surface area contributed by atoms with Gasteiger partial charge < -0.3 is 15.1 Å². The summed E-state index contributed by atoms with van der Waals surface area (Å²) < 4.78 is 0. The monoisotopic (exact) mass is 271 g/mol. The highest BCUT2D eigenvalue weighted by molar-refractivity contribution is 4.65. The zero-order chi connectivity index (χ0) is 14.5. The SMILES string of the molecule is CCCNCC(C)CN(CC)CCCN(CC)CC. The van der Waals surface area contributed by atoms with Crippen LogP contribution in [0, 0.1) is 5.92 Å². The predicted molar refractivity (Wildman–Crippen MR) is 86.8 cm³/mol. The first-order valence-electron chi connectivity index (χ1n) is 8.33. The van der Waals surface area contributed by atoms with Gasteiger partial charge in [0.2, 0.25) is 0 Å². The smallest absolute Gasteiger partial charge is 0.00190 e. The lowest BCUT2D eigenvalue weighted by atomic mass is 10.1. The molecule has 1 N–H and O–H groups in total. The summed E-state index contributed by atoms with van der Waals surface area (Å²) in [6.07, 6.45) is 2.53. The van der Waals surface area contributed by atoms with Crippen LogP contribution in [0.2, 0.25) is 0 Å². The van der Waals surface area contributed by atoms with Crippen LogP contribution >= 0.6 is 0 Å². The Kier molecular flexibility index (Phi) is 12.8. The quantitative estimate of drug-likeness (QED) is 0.520. The van der Waals surface area contributed by atoms with E-state index in [2.05, 4.69) is 49.7 Å². The largest absolute Gasteiger partial charge is 0.316 e. The topological polar surface area (TPSA) is 18.5 Å². The zero-order valence-corrected chi connectivity index (χ0v) is 14.0. The molecule has 19 heavy (non-hydrogen) atoms. The van der Waals surface area contributed by atoms with Crippen molar-refractivity contribution >= 4 is 0 Å². The van der Waals surface area contributed by atoms with Gasteiger partial charge >= 0.3 is 0 Å². The van der Waals surface area contributed by atoms with Gasteiger partial charge in [-0.25, -0.2) is 0 Å². The van der Waals surface area contributed by atoms with E-state index in [-0.39, 0.29) is 0 Å². The van der Waals surface area contributed by atoms with E-state index in [1.165, 1.54) is 52.1 Å². The Bertz CT molecular complexity index is 181. The highest BCUT2D eigenvalue weighted by atomic mass is 15.1. The van der Waals surface area contributed by atoms with Gasteiger partial charge in [-0.15, -0.1) is 0 Å². The van der Waals surface area contributed by atoms with Crippen LogP contribution < -0.4 is 5.32 Å². The Morgan fingerprint density at radius 2 is 1.47 bits per heavy atom. The van der Waals surface area contributed by atoms with Crippen molar-refractivity contribution in [2.45, 2.75) is 47.5 Å². The van der Waals surface area contributed by atoms with Gasteiger partial charge in [0.1, 0.15) is 0 Å². The normalized spacial score (nSPS) is 13.4. The second-order valence-corrected chi connectivity index (χ2v) is 5.58. The molecule has 116 valence electrons. The van der Waals surface area contributed by atoms with Gasteiger partial charge in [0.25, 0.3) is 0 Å². The fraction of sp³-hybridized carbons (Fsp3) is 1.00. The number of nitrogens with one attached hydrogen (secondary N) is 1. The second kappa shape index (κ2) is 12.9. The molecule has 3 nitrogen and oxygen atoms in total. The molecule has 1 unspecified atom stereocenters. The third-order valence-electron chi connectivity index (χ3n) is 3.78. The van der Waals surface area contributed by atoms with Gasteiger partial charge in [-0.2, -0.15) is 0 Å². The maximum atomic E-state index is 3.52. The molecule has 0 aliphatic heterocycles. The van der Waals surface area contributed by atoms with E-state index >= 15 is 0 Å². The van der Waals surface area contributed by atoms with E-state index in [9.17, 15) is 0 Å². The van der Waals surface area contributed by atoms with Crippen molar-refractivity contribution in [1.82, 2.24) is 15.1 Å². The average molecular weight is 271 g/mol. The standard InChI is InChI=1S/C16H37N3/c1-6-11-17-14-16(5)15-19(9-4)13-10-12-18(7-2)8-3/h16-17H,6-15H2,1-5H3. The Morgan fingerprint density at radius 1 is 0.895 bits per heavy atom. The Hall–Kier alpha value is -0.120. The van der Waals surface area contributed by atoms with Crippen molar-refractivity contribution < 1.29 is 0 Å². The molecule has 0 saturated carbocycles. The first-order chi connectivity index (χ1) is 9.17. The Labute approximate surface area is 121 Å². The molecule has 0 rings (SSSR count). The highest BCUT2D eigenvalue weighted by Gasteiger charge is 2.09. The van der Waals surface area contributed by atoms with E-state index in [1.807, 2.05) is 0 Å². The van der Waals surface area contributed by atoms with Gasteiger partial charge in [-0.3, -0.25) is 0 Å². The average Bonchev–Trinajstić information content (AvgIpc) is 2.42. The summed E-state index contributed by atoms with van der Waals surface area (Å²) in [5.74, 6) is 0.750. The predicted octanol–water partition coefficient (Wildman–Crippen LogP) is 2.68. The van der Waals surface area contributed by atoms with E-state index in [0.29, 0.717) is 0 Å². The lowest BCUT2D eigenvalue weighted by Gasteiger charge is -2.26. The second-order valence-electron chi connectivity index (χ2n) is 5.58. The molecule has 0 aromatic carbocycles. The third-order valence-corrected chi connectivity index (χ3v) is 3.78. The maximum absolute atomic E-state index is 3.52. The lowest BCUT2D eigenvalue weighted by molar-refractivity contribution is 0.220. The molecule has 0 aromatic heterocycles. The molecule has 0 heterocycles. The summed E-state index contributed by atoms with van der Waals surface area (Å²) in [5.41, 5.74) is 0. The Balaban J connectivity index is 3.75. The molecule has 0 amide bonds. The third kappa shape index (κ3) is 10.3. The minimum Gasteiger partial charge on any atom is -0.316 e. The van der Waals surface area contributed by atoms with E-state index < -0.39 is 0 Å². The first-order valence-corrected chi connectivity index (χ1v) is 8.33. The van der Waals surface area contributed by atoms with Crippen molar-refractivity contribution in [1.29, 1.82) is 0 Å². The van der Waals surface area contributed by atoms with Gasteiger partial charge in [0.15, 0.2) is 0 Å². The van der Waals surface area contributed by atoms with Crippen LogP contribution in [0.15, 0.2) is 0 Å². The summed E-state index contributed by atoms with van der Waals surface area (Å²) >= 11 is 0. The summed E-state index contributed by atoms with van der Waals surface area (Å²) in [7, 11) is 0. The maximum Gasteiger partial charge on any atom is 0.00190 e. The minimum absolute atomic E-state index is 0.750. The van der Waals surface area contributed by atoms with Crippen LogP contribution in [0.4, 0.5) is 0 Å². The van der Waals surface area contributed by atoms with Crippen molar-refractivity contribution in [2.75, 3.05) is 52.4 Å². The van der Waals surface area contributed by atoms with Crippen molar-refractivity contribution in [3.63, 3.8) is 0 Å². The van der Waals surface area contributed by atoms with Crippen LogP contribution in [0.3, 0.4) is 0 Å². The molecule has 0 radical (unpaired) electrons.